The van der Waals surface area contributed by atoms with Crippen LogP contribution < -0.4 is 4.74 Å². The molecule has 0 unspecified atom stereocenters. The molecule has 1 aromatic heterocycles. The van der Waals surface area contributed by atoms with Crippen molar-refractivity contribution < 1.29 is 9.53 Å². The fraction of sp³-hybridized carbons (Fsp3) is 0.190. The number of hydrogen-bond acceptors (Lipinski definition) is 4. The highest BCUT2D eigenvalue weighted by Crippen LogP contribution is 2.22. The molecule has 1 aliphatic heterocycles. The Balaban J connectivity index is 1.35. The molecule has 5 heteroatoms. The molecule has 0 N–H and O–H groups in total. The SMILES string of the molecule is O=C(COc1ccc(-c2ccccc2)cc1)N1CCc2ncncc2C1. The molecule has 0 saturated heterocycles. The Morgan fingerprint density at radius 2 is 1.81 bits per heavy atom. The molecule has 5 nitrogen and oxygen atoms in total. The first-order valence-corrected chi connectivity index (χ1v) is 8.63. The molecule has 130 valence electrons. The summed E-state index contributed by atoms with van der Waals surface area (Å²) in [5.74, 6) is 0.672. The van der Waals surface area contributed by atoms with Crippen LogP contribution in [0.25, 0.3) is 11.1 Å². The number of carbonyl (C=O) groups excluding carboxylic acids is 1. The summed E-state index contributed by atoms with van der Waals surface area (Å²) in [4.78, 5) is 22.5. The standard InChI is InChI=1S/C21H19N3O2/c25-21(24-11-10-20-18(13-24)12-22-15-23-20)14-26-19-8-6-17(7-9-19)16-4-2-1-3-5-16/h1-9,12,15H,10-11,13-14H2. The Labute approximate surface area is 152 Å². The van der Waals surface area contributed by atoms with Crippen LogP contribution in [-0.4, -0.2) is 33.9 Å². The van der Waals surface area contributed by atoms with E-state index < -0.39 is 0 Å². The molecule has 0 aliphatic carbocycles. The van der Waals surface area contributed by atoms with Crippen molar-refractivity contribution in [3.8, 4) is 16.9 Å². The van der Waals surface area contributed by atoms with Crippen molar-refractivity contribution in [1.82, 2.24) is 14.9 Å². The van der Waals surface area contributed by atoms with Crippen molar-refractivity contribution in [1.29, 1.82) is 0 Å². The third-order valence-corrected chi connectivity index (χ3v) is 4.54. The van der Waals surface area contributed by atoms with Gasteiger partial charge in [0.05, 0.1) is 5.69 Å². The van der Waals surface area contributed by atoms with Gasteiger partial charge < -0.3 is 9.64 Å². The zero-order valence-electron chi connectivity index (χ0n) is 14.3. The van der Waals surface area contributed by atoms with E-state index in [1.807, 2.05) is 42.5 Å². The Hall–Kier alpha value is -3.21. The topological polar surface area (TPSA) is 55.3 Å². The van der Waals surface area contributed by atoms with Crippen LogP contribution in [0, 0.1) is 0 Å². The van der Waals surface area contributed by atoms with Crippen LogP contribution >= 0.6 is 0 Å². The molecule has 2 heterocycles. The number of amides is 1. The van der Waals surface area contributed by atoms with Crippen LogP contribution in [0.5, 0.6) is 5.75 Å². The fourth-order valence-corrected chi connectivity index (χ4v) is 3.09. The minimum Gasteiger partial charge on any atom is -0.484 e. The first-order valence-electron chi connectivity index (χ1n) is 8.63. The van der Waals surface area contributed by atoms with E-state index in [9.17, 15) is 4.79 Å². The van der Waals surface area contributed by atoms with Crippen molar-refractivity contribution in [3.05, 3.63) is 78.4 Å². The lowest BCUT2D eigenvalue weighted by atomic mass is 10.1. The van der Waals surface area contributed by atoms with Gasteiger partial charge in [0.2, 0.25) is 0 Å². The van der Waals surface area contributed by atoms with Crippen molar-refractivity contribution in [2.45, 2.75) is 13.0 Å². The summed E-state index contributed by atoms with van der Waals surface area (Å²) in [7, 11) is 0. The summed E-state index contributed by atoms with van der Waals surface area (Å²) in [6, 6.07) is 18.0. The Kier molecular flexibility index (Phi) is 4.60. The van der Waals surface area contributed by atoms with Gasteiger partial charge >= 0.3 is 0 Å². The van der Waals surface area contributed by atoms with Gasteiger partial charge in [-0.15, -0.1) is 0 Å². The molecule has 0 saturated carbocycles. The van der Waals surface area contributed by atoms with Gasteiger partial charge in [-0.05, 0) is 23.3 Å². The summed E-state index contributed by atoms with van der Waals surface area (Å²) in [5.41, 5.74) is 4.32. The van der Waals surface area contributed by atoms with Gasteiger partial charge in [0.1, 0.15) is 12.1 Å². The van der Waals surface area contributed by atoms with E-state index in [4.69, 9.17) is 4.74 Å². The fourth-order valence-electron chi connectivity index (χ4n) is 3.09. The van der Waals surface area contributed by atoms with E-state index in [1.165, 1.54) is 0 Å². The number of ether oxygens (including phenoxy) is 1. The number of hydrogen-bond donors (Lipinski definition) is 0. The van der Waals surface area contributed by atoms with Crippen molar-refractivity contribution in [2.24, 2.45) is 0 Å². The van der Waals surface area contributed by atoms with Crippen LogP contribution in [0.2, 0.25) is 0 Å². The Morgan fingerprint density at radius 1 is 1.04 bits per heavy atom. The molecule has 4 rings (SSSR count). The van der Waals surface area contributed by atoms with Gasteiger partial charge in [0.15, 0.2) is 6.61 Å². The maximum absolute atomic E-state index is 12.4. The van der Waals surface area contributed by atoms with Crippen molar-refractivity contribution in [3.63, 3.8) is 0 Å². The third-order valence-electron chi connectivity index (χ3n) is 4.54. The van der Waals surface area contributed by atoms with Gasteiger partial charge in [-0.3, -0.25) is 4.79 Å². The number of aromatic nitrogens is 2. The maximum Gasteiger partial charge on any atom is 0.260 e. The lowest BCUT2D eigenvalue weighted by molar-refractivity contribution is -0.134. The maximum atomic E-state index is 12.4. The summed E-state index contributed by atoms with van der Waals surface area (Å²) < 4.78 is 5.68. The molecule has 1 aliphatic rings. The van der Waals surface area contributed by atoms with E-state index in [1.54, 1.807) is 17.4 Å². The van der Waals surface area contributed by atoms with E-state index in [0.29, 0.717) is 18.8 Å². The predicted octanol–water partition coefficient (Wildman–Crippen LogP) is 3.11. The molecule has 3 aromatic rings. The first-order chi connectivity index (χ1) is 12.8. The van der Waals surface area contributed by atoms with E-state index in [0.717, 1.165) is 28.8 Å². The molecular weight excluding hydrogens is 326 g/mol. The quantitative estimate of drug-likeness (QED) is 0.729. The number of carbonyl (C=O) groups is 1. The molecule has 0 spiro atoms. The molecule has 2 aromatic carbocycles. The number of fused-ring (bicyclic) bond motifs is 1. The van der Waals surface area contributed by atoms with Gasteiger partial charge in [-0.25, -0.2) is 9.97 Å². The molecule has 0 bridgehead atoms. The number of benzene rings is 2. The zero-order chi connectivity index (χ0) is 17.8. The lowest BCUT2D eigenvalue weighted by Gasteiger charge is -2.27. The number of rotatable bonds is 4. The third kappa shape index (κ3) is 3.57. The monoisotopic (exact) mass is 345 g/mol. The molecule has 1 amide bonds. The number of nitrogens with zero attached hydrogens (tertiary/aromatic N) is 3. The second kappa shape index (κ2) is 7.35. The second-order valence-electron chi connectivity index (χ2n) is 6.24. The highest BCUT2D eigenvalue weighted by atomic mass is 16.5. The highest BCUT2D eigenvalue weighted by Gasteiger charge is 2.21. The van der Waals surface area contributed by atoms with Crippen LogP contribution in [-0.2, 0) is 17.8 Å². The summed E-state index contributed by atoms with van der Waals surface area (Å²) in [6.45, 7) is 1.25. The van der Waals surface area contributed by atoms with Crippen molar-refractivity contribution in [2.75, 3.05) is 13.2 Å². The van der Waals surface area contributed by atoms with Crippen LogP contribution in [0.1, 0.15) is 11.3 Å². The average molecular weight is 345 g/mol. The van der Waals surface area contributed by atoms with Crippen molar-refractivity contribution >= 4 is 5.91 Å². The zero-order valence-corrected chi connectivity index (χ0v) is 14.3. The smallest absolute Gasteiger partial charge is 0.260 e. The normalized spacial score (nSPS) is 13.2. The summed E-state index contributed by atoms with van der Waals surface area (Å²) in [6.07, 6.45) is 4.10. The predicted molar refractivity (Wildman–Crippen MR) is 98.5 cm³/mol. The average Bonchev–Trinajstić information content (AvgIpc) is 2.72. The summed E-state index contributed by atoms with van der Waals surface area (Å²) >= 11 is 0. The first kappa shape index (κ1) is 16.3. The Bertz CT molecular complexity index is 895. The van der Waals surface area contributed by atoms with E-state index >= 15 is 0 Å². The van der Waals surface area contributed by atoms with E-state index in [-0.39, 0.29) is 12.5 Å². The molecule has 0 radical (unpaired) electrons. The summed E-state index contributed by atoms with van der Waals surface area (Å²) in [5, 5.41) is 0. The van der Waals surface area contributed by atoms with Gasteiger partial charge in [-0.1, -0.05) is 42.5 Å². The molecular formula is C21H19N3O2. The van der Waals surface area contributed by atoms with E-state index in [2.05, 4.69) is 22.1 Å². The van der Waals surface area contributed by atoms with Crippen LogP contribution in [0.15, 0.2) is 67.1 Å². The molecule has 0 atom stereocenters. The Morgan fingerprint density at radius 3 is 2.62 bits per heavy atom. The van der Waals surface area contributed by atoms with Gasteiger partial charge in [0.25, 0.3) is 5.91 Å². The van der Waals surface area contributed by atoms with Crippen LogP contribution in [0.3, 0.4) is 0 Å². The molecule has 26 heavy (non-hydrogen) atoms. The minimum absolute atomic E-state index is 0.0216. The highest BCUT2D eigenvalue weighted by molar-refractivity contribution is 5.78. The van der Waals surface area contributed by atoms with Gasteiger partial charge in [-0.2, -0.15) is 0 Å². The molecule has 0 fully saturated rings. The van der Waals surface area contributed by atoms with Gasteiger partial charge in [0, 0.05) is 31.3 Å². The second-order valence-corrected chi connectivity index (χ2v) is 6.24. The minimum atomic E-state index is -0.0216. The largest absolute Gasteiger partial charge is 0.484 e. The lowest BCUT2D eigenvalue weighted by Crippen LogP contribution is -2.39. The van der Waals surface area contributed by atoms with Crippen LogP contribution in [0.4, 0.5) is 0 Å².